The van der Waals surface area contributed by atoms with Gasteiger partial charge in [0.15, 0.2) is 0 Å². The minimum absolute atomic E-state index is 0.114. The van der Waals surface area contributed by atoms with E-state index in [0.717, 1.165) is 6.08 Å². The van der Waals surface area contributed by atoms with Crippen LogP contribution < -0.4 is 5.32 Å². The molecule has 68 valence electrons. The van der Waals surface area contributed by atoms with Gasteiger partial charge in [-0.05, 0) is 6.92 Å². The van der Waals surface area contributed by atoms with Crippen molar-refractivity contribution in [1.82, 2.24) is 5.32 Å². The Labute approximate surface area is 70.0 Å². The highest BCUT2D eigenvalue weighted by Gasteiger charge is 2.01. The van der Waals surface area contributed by atoms with Crippen LogP contribution in [0.2, 0.25) is 0 Å². The molecular weight excluding hydrogens is 162 g/mol. The maximum absolute atomic E-state index is 10.7. The zero-order chi connectivity index (χ0) is 9.56. The number of nitrogens with one attached hydrogen (secondary N) is 1. The Kier molecular flexibility index (Phi) is 4.52. The molecule has 0 aliphatic carbocycles. The lowest BCUT2D eigenvalue weighted by Gasteiger charge is -1.99. The number of hydrogen-bond donors (Lipinski definition) is 2. The lowest BCUT2D eigenvalue weighted by Crippen LogP contribution is -2.28. The fourth-order valence-electron chi connectivity index (χ4n) is 0.472. The number of esters is 1. The molecule has 5 heteroatoms. The van der Waals surface area contributed by atoms with Crippen molar-refractivity contribution in [2.24, 2.45) is 0 Å². The van der Waals surface area contributed by atoms with E-state index in [2.05, 4.69) is 10.1 Å². The van der Waals surface area contributed by atoms with E-state index >= 15 is 0 Å². The molecule has 0 heterocycles. The van der Waals surface area contributed by atoms with Crippen molar-refractivity contribution in [3.05, 3.63) is 11.8 Å². The lowest BCUT2D eigenvalue weighted by atomic mass is 10.4. The minimum atomic E-state index is -0.535. The zero-order valence-corrected chi connectivity index (χ0v) is 6.96. The molecule has 0 aromatic heterocycles. The maximum Gasteiger partial charge on any atom is 0.325 e. The van der Waals surface area contributed by atoms with Crippen LogP contribution in [0.5, 0.6) is 0 Å². The molecule has 0 aromatic rings. The minimum Gasteiger partial charge on any atom is -0.512 e. The van der Waals surface area contributed by atoms with E-state index in [4.69, 9.17) is 5.11 Å². The fraction of sp³-hybridized carbons (Fsp3) is 0.429. The van der Waals surface area contributed by atoms with Gasteiger partial charge in [0.1, 0.15) is 6.54 Å². The molecule has 5 nitrogen and oxygen atoms in total. The van der Waals surface area contributed by atoms with Crippen molar-refractivity contribution in [1.29, 1.82) is 0 Å². The molecule has 0 saturated carbocycles. The maximum atomic E-state index is 10.7. The van der Waals surface area contributed by atoms with Crippen LogP contribution in [0.25, 0.3) is 0 Å². The first-order valence-corrected chi connectivity index (χ1v) is 3.28. The molecule has 0 fully saturated rings. The number of aliphatic hydroxyl groups is 1. The largest absolute Gasteiger partial charge is 0.512 e. The molecule has 0 bridgehead atoms. The molecule has 0 unspecified atom stereocenters. The molecule has 0 aliphatic rings. The van der Waals surface area contributed by atoms with Gasteiger partial charge < -0.3 is 15.2 Å². The first kappa shape index (κ1) is 10.5. The fourth-order valence-corrected chi connectivity index (χ4v) is 0.472. The van der Waals surface area contributed by atoms with Crippen LogP contribution >= 0.6 is 0 Å². The monoisotopic (exact) mass is 173 g/mol. The van der Waals surface area contributed by atoms with Crippen molar-refractivity contribution in [2.45, 2.75) is 6.92 Å². The van der Waals surface area contributed by atoms with E-state index in [-0.39, 0.29) is 12.3 Å². The zero-order valence-electron chi connectivity index (χ0n) is 6.96. The number of methoxy groups -OCH3 is 1. The summed E-state index contributed by atoms with van der Waals surface area (Å²) in [5.41, 5.74) is 0. The third-order valence-electron chi connectivity index (χ3n) is 0.975. The van der Waals surface area contributed by atoms with Crippen LogP contribution in [0, 0.1) is 0 Å². The van der Waals surface area contributed by atoms with E-state index in [1.54, 1.807) is 0 Å². The summed E-state index contributed by atoms with van der Waals surface area (Å²) in [5.74, 6) is -1.18. The van der Waals surface area contributed by atoms with Gasteiger partial charge in [-0.3, -0.25) is 9.59 Å². The van der Waals surface area contributed by atoms with E-state index in [1.165, 1.54) is 14.0 Å². The van der Waals surface area contributed by atoms with Gasteiger partial charge in [-0.15, -0.1) is 0 Å². The van der Waals surface area contributed by atoms with Gasteiger partial charge in [0, 0.05) is 6.08 Å². The molecule has 0 saturated heterocycles. The Balaban J connectivity index is 3.73. The molecule has 0 rings (SSSR count). The highest BCUT2D eigenvalue weighted by atomic mass is 16.5. The van der Waals surface area contributed by atoms with E-state index in [9.17, 15) is 9.59 Å². The molecule has 2 N–H and O–H groups in total. The smallest absolute Gasteiger partial charge is 0.325 e. The predicted octanol–water partition coefficient (Wildman–Crippen LogP) is -0.263. The van der Waals surface area contributed by atoms with Crippen LogP contribution in [0.15, 0.2) is 11.8 Å². The third-order valence-corrected chi connectivity index (χ3v) is 0.975. The number of aliphatic hydroxyl groups excluding tert-OH is 1. The molecular formula is C7H11NO4. The summed E-state index contributed by atoms with van der Waals surface area (Å²) < 4.78 is 4.27. The molecule has 0 aromatic carbocycles. The van der Waals surface area contributed by atoms with Crippen molar-refractivity contribution in [3.8, 4) is 0 Å². The molecule has 1 amide bonds. The number of hydrogen-bond acceptors (Lipinski definition) is 4. The Morgan fingerprint density at radius 3 is 2.58 bits per heavy atom. The number of amides is 1. The Morgan fingerprint density at radius 2 is 2.17 bits per heavy atom. The molecule has 0 atom stereocenters. The van der Waals surface area contributed by atoms with Crippen LogP contribution in [0.1, 0.15) is 6.92 Å². The third kappa shape index (κ3) is 5.28. The summed E-state index contributed by atoms with van der Waals surface area (Å²) in [5, 5.41) is 10.8. The Hall–Kier alpha value is -1.52. The number of carbonyl (C=O) groups excluding carboxylic acids is 2. The van der Waals surface area contributed by atoms with Crippen molar-refractivity contribution in [3.63, 3.8) is 0 Å². The van der Waals surface area contributed by atoms with E-state index in [1.807, 2.05) is 0 Å². The second kappa shape index (κ2) is 5.17. The summed E-state index contributed by atoms with van der Waals surface area (Å²) >= 11 is 0. The quantitative estimate of drug-likeness (QED) is 0.350. The van der Waals surface area contributed by atoms with Crippen LogP contribution in [-0.4, -0.2) is 30.6 Å². The van der Waals surface area contributed by atoms with Crippen molar-refractivity contribution in [2.75, 3.05) is 13.7 Å². The van der Waals surface area contributed by atoms with Gasteiger partial charge >= 0.3 is 5.97 Å². The SMILES string of the molecule is COC(=O)CNC(=O)C=C(C)O. The molecule has 0 radical (unpaired) electrons. The van der Waals surface area contributed by atoms with Gasteiger partial charge in [0.25, 0.3) is 0 Å². The summed E-state index contributed by atoms with van der Waals surface area (Å²) in [4.78, 5) is 21.2. The normalized spacial score (nSPS) is 10.7. The Bertz CT molecular complexity index is 205. The van der Waals surface area contributed by atoms with E-state index in [0.29, 0.717) is 0 Å². The topological polar surface area (TPSA) is 75.6 Å². The molecule has 0 spiro atoms. The first-order valence-electron chi connectivity index (χ1n) is 3.28. The lowest BCUT2D eigenvalue weighted by molar-refractivity contribution is -0.140. The Morgan fingerprint density at radius 1 is 1.58 bits per heavy atom. The predicted molar refractivity (Wildman–Crippen MR) is 41.4 cm³/mol. The highest BCUT2D eigenvalue weighted by Crippen LogP contribution is 1.82. The van der Waals surface area contributed by atoms with Crippen LogP contribution in [0.3, 0.4) is 0 Å². The first-order chi connectivity index (χ1) is 5.56. The average molecular weight is 173 g/mol. The van der Waals surface area contributed by atoms with Crippen LogP contribution in [-0.2, 0) is 14.3 Å². The summed E-state index contributed by atoms with van der Waals surface area (Å²) in [6, 6.07) is 0. The standard InChI is InChI=1S/C7H11NO4/c1-5(9)3-6(10)8-4-7(11)12-2/h3,9H,4H2,1-2H3,(H,8,10). The summed E-state index contributed by atoms with van der Waals surface area (Å²) in [6.45, 7) is 1.16. The number of rotatable bonds is 3. The number of ether oxygens (including phenoxy) is 1. The highest BCUT2D eigenvalue weighted by molar-refractivity contribution is 5.90. The van der Waals surface area contributed by atoms with Gasteiger partial charge in [0.2, 0.25) is 5.91 Å². The van der Waals surface area contributed by atoms with Gasteiger partial charge in [-0.1, -0.05) is 0 Å². The second-order valence-electron chi connectivity index (χ2n) is 2.08. The van der Waals surface area contributed by atoms with Gasteiger partial charge in [-0.2, -0.15) is 0 Å². The van der Waals surface area contributed by atoms with Crippen LogP contribution in [0.4, 0.5) is 0 Å². The van der Waals surface area contributed by atoms with E-state index < -0.39 is 11.9 Å². The number of carbonyl (C=O) groups is 2. The summed E-state index contributed by atoms with van der Waals surface area (Å²) in [7, 11) is 1.22. The van der Waals surface area contributed by atoms with Gasteiger partial charge in [-0.25, -0.2) is 0 Å². The van der Waals surface area contributed by atoms with Crippen molar-refractivity contribution < 1.29 is 19.4 Å². The summed E-state index contributed by atoms with van der Waals surface area (Å²) in [6.07, 6.45) is 0.975. The van der Waals surface area contributed by atoms with Gasteiger partial charge in [0.05, 0.1) is 12.9 Å². The average Bonchev–Trinajstić information content (AvgIpc) is 1.99. The number of allylic oxidation sites excluding steroid dienone is 1. The van der Waals surface area contributed by atoms with Crippen molar-refractivity contribution >= 4 is 11.9 Å². The second-order valence-corrected chi connectivity index (χ2v) is 2.08. The molecule has 0 aliphatic heterocycles. The molecule has 12 heavy (non-hydrogen) atoms.